The largest absolute Gasteiger partial charge is 1.00 e. The number of hydrogen-bond donors (Lipinski definition) is 0. The Hall–Kier alpha value is 0.976. The molecule has 2 nitrogen and oxygen atoms in total. The van der Waals surface area contributed by atoms with Crippen LogP contribution in [0, 0.1) is 5.92 Å². The van der Waals surface area contributed by atoms with Crippen molar-refractivity contribution in [3.05, 3.63) is 0 Å². The first kappa shape index (κ1) is 11.7. The maximum Gasteiger partial charge on any atom is 1.00 e. The zero-order chi connectivity index (χ0) is 5.86. The number of carbonyl (C=O) groups is 1. The van der Waals surface area contributed by atoms with Crippen LogP contribution in [-0.2, 0) is 9.59 Å². The number of rotatable bonds is 2. The SMILES string of the molecule is CC(=O)C(C)[C-]=O.[K+]. The molecule has 0 aliphatic carbocycles. The summed E-state index contributed by atoms with van der Waals surface area (Å²) in [6.45, 7) is 2.89. The topological polar surface area (TPSA) is 34.1 Å². The van der Waals surface area contributed by atoms with E-state index in [0.29, 0.717) is 0 Å². The van der Waals surface area contributed by atoms with Gasteiger partial charge in [-0.1, -0.05) is 12.8 Å². The molecule has 3 heteroatoms. The van der Waals surface area contributed by atoms with Gasteiger partial charge in [-0.25, -0.2) is 0 Å². The predicted octanol–water partition coefficient (Wildman–Crippen LogP) is -2.67. The summed E-state index contributed by atoms with van der Waals surface area (Å²) >= 11 is 0. The Morgan fingerprint density at radius 2 is 2.00 bits per heavy atom. The van der Waals surface area contributed by atoms with Crippen LogP contribution in [0.2, 0.25) is 0 Å². The molecular formula is C5H7KO2. The zero-order valence-electron chi connectivity index (χ0n) is 5.39. The molecule has 0 aromatic heterocycles. The van der Waals surface area contributed by atoms with Gasteiger partial charge in [0.05, 0.1) is 0 Å². The minimum absolute atomic E-state index is 0. The molecule has 0 fully saturated rings. The van der Waals surface area contributed by atoms with Gasteiger partial charge in [0.15, 0.2) is 0 Å². The van der Waals surface area contributed by atoms with E-state index in [9.17, 15) is 9.59 Å². The van der Waals surface area contributed by atoms with E-state index in [4.69, 9.17) is 0 Å². The van der Waals surface area contributed by atoms with Crippen LogP contribution in [0.3, 0.4) is 0 Å². The van der Waals surface area contributed by atoms with Gasteiger partial charge in [0.2, 0.25) is 0 Å². The molecule has 8 heavy (non-hydrogen) atoms. The molecule has 0 bridgehead atoms. The average Bonchev–Trinajstić information content (AvgIpc) is 1.65. The molecule has 0 spiro atoms. The minimum Gasteiger partial charge on any atom is -0.541 e. The van der Waals surface area contributed by atoms with E-state index in [-0.39, 0.29) is 57.2 Å². The average molecular weight is 138 g/mol. The fourth-order valence-electron chi connectivity index (χ4n) is 0.0830. The van der Waals surface area contributed by atoms with Gasteiger partial charge in [0, 0.05) is 0 Å². The van der Waals surface area contributed by atoms with Gasteiger partial charge >= 0.3 is 51.4 Å². The second-order valence-electron chi connectivity index (χ2n) is 1.45. The summed E-state index contributed by atoms with van der Waals surface area (Å²) < 4.78 is 0. The molecule has 0 saturated heterocycles. The number of hydrogen-bond acceptors (Lipinski definition) is 2. The van der Waals surface area contributed by atoms with Gasteiger partial charge < -0.3 is 9.59 Å². The molecule has 0 heterocycles. The van der Waals surface area contributed by atoms with Crippen LogP contribution in [0.5, 0.6) is 0 Å². The van der Waals surface area contributed by atoms with E-state index in [1.165, 1.54) is 13.8 Å². The molecule has 0 saturated carbocycles. The zero-order valence-corrected chi connectivity index (χ0v) is 8.52. The smallest absolute Gasteiger partial charge is 0.541 e. The first-order chi connectivity index (χ1) is 3.18. The summed E-state index contributed by atoms with van der Waals surface area (Å²) in [5.41, 5.74) is 0. The molecule has 40 valence electrons. The number of carbonyl (C=O) groups excluding carboxylic acids is 2. The van der Waals surface area contributed by atoms with E-state index >= 15 is 0 Å². The molecule has 0 radical (unpaired) electrons. The molecule has 0 N–H and O–H groups in total. The number of ketones is 1. The van der Waals surface area contributed by atoms with E-state index in [2.05, 4.69) is 0 Å². The van der Waals surface area contributed by atoms with Gasteiger partial charge in [-0.3, -0.25) is 6.29 Å². The van der Waals surface area contributed by atoms with E-state index in [0.717, 1.165) is 0 Å². The summed E-state index contributed by atoms with van der Waals surface area (Å²) in [5, 5.41) is 0. The van der Waals surface area contributed by atoms with E-state index < -0.39 is 5.92 Å². The Morgan fingerprint density at radius 3 is 2.00 bits per heavy atom. The summed E-state index contributed by atoms with van der Waals surface area (Å²) in [5.74, 6) is -0.671. The van der Waals surface area contributed by atoms with Crippen molar-refractivity contribution in [1.29, 1.82) is 0 Å². The van der Waals surface area contributed by atoms with Crippen molar-refractivity contribution in [2.24, 2.45) is 5.92 Å². The van der Waals surface area contributed by atoms with Crippen LogP contribution >= 0.6 is 0 Å². The first-order valence-corrected chi connectivity index (χ1v) is 2.06. The fraction of sp³-hybridized carbons (Fsp3) is 0.600. The van der Waals surface area contributed by atoms with Crippen molar-refractivity contribution in [3.8, 4) is 0 Å². The second kappa shape index (κ2) is 6.10. The molecule has 1 unspecified atom stereocenters. The van der Waals surface area contributed by atoms with Crippen LogP contribution in [0.1, 0.15) is 13.8 Å². The minimum atomic E-state index is -0.542. The van der Waals surface area contributed by atoms with Crippen LogP contribution in [0.25, 0.3) is 0 Å². The Bertz CT molecular complexity index is 90.4. The van der Waals surface area contributed by atoms with Crippen LogP contribution in [0.15, 0.2) is 0 Å². The summed E-state index contributed by atoms with van der Waals surface area (Å²) in [7, 11) is 0. The van der Waals surface area contributed by atoms with Crippen LogP contribution in [0.4, 0.5) is 0 Å². The Balaban J connectivity index is 0. The van der Waals surface area contributed by atoms with Gasteiger partial charge in [-0.2, -0.15) is 0 Å². The standard InChI is InChI=1S/C5H7O2.K/c1-4(3-6)5(2)7;/h4H,1-2H3;/q-1;+1. The van der Waals surface area contributed by atoms with Gasteiger partial charge in [-0.05, 0) is 6.92 Å². The second-order valence-corrected chi connectivity index (χ2v) is 1.45. The van der Waals surface area contributed by atoms with Gasteiger partial charge in [0.25, 0.3) is 0 Å². The third-order valence-electron chi connectivity index (χ3n) is 0.787. The van der Waals surface area contributed by atoms with Crippen molar-refractivity contribution >= 4 is 12.1 Å². The third kappa shape index (κ3) is 5.12. The molecule has 0 aliphatic heterocycles. The summed E-state index contributed by atoms with van der Waals surface area (Å²) in [4.78, 5) is 19.7. The summed E-state index contributed by atoms with van der Waals surface area (Å²) in [6.07, 6.45) is 1.56. The third-order valence-corrected chi connectivity index (χ3v) is 0.787. The monoisotopic (exact) mass is 138 g/mol. The maximum atomic E-state index is 10.1. The van der Waals surface area contributed by atoms with Crippen molar-refractivity contribution in [1.82, 2.24) is 0 Å². The van der Waals surface area contributed by atoms with E-state index in [1.807, 2.05) is 0 Å². The molecule has 0 aromatic carbocycles. The Morgan fingerprint density at radius 1 is 1.62 bits per heavy atom. The summed E-state index contributed by atoms with van der Waals surface area (Å²) in [6, 6.07) is 0. The van der Waals surface area contributed by atoms with E-state index in [1.54, 1.807) is 6.29 Å². The molecule has 0 aliphatic rings. The molecule has 1 atom stereocenters. The molecule has 0 aromatic rings. The Labute approximate surface area is 91.4 Å². The Kier molecular flexibility index (Phi) is 8.95. The van der Waals surface area contributed by atoms with Crippen molar-refractivity contribution < 1.29 is 61.0 Å². The van der Waals surface area contributed by atoms with Crippen molar-refractivity contribution in [2.45, 2.75) is 13.8 Å². The fourth-order valence-corrected chi connectivity index (χ4v) is 0.0830. The van der Waals surface area contributed by atoms with Gasteiger partial charge in [0.1, 0.15) is 5.78 Å². The van der Waals surface area contributed by atoms with Crippen LogP contribution in [-0.4, -0.2) is 12.1 Å². The van der Waals surface area contributed by atoms with Crippen molar-refractivity contribution in [2.75, 3.05) is 0 Å². The van der Waals surface area contributed by atoms with Crippen molar-refractivity contribution in [3.63, 3.8) is 0 Å². The first-order valence-electron chi connectivity index (χ1n) is 2.06. The predicted molar refractivity (Wildman–Crippen MR) is 25.5 cm³/mol. The molecule has 0 amide bonds. The molecular weight excluding hydrogens is 131 g/mol. The van der Waals surface area contributed by atoms with Crippen LogP contribution < -0.4 is 51.4 Å². The van der Waals surface area contributed by atoms with Gasteiger partial charge in [-0.15, -0.1) is 0 Å². The normalized spacial score (nSPS) is 11.2. The molecule has 0 rings (SSSR count). The number of Topliss-reactive ketones (excluding diaryl/α,β-unsaturated/α-hetero) is 1. The quantitative estimate of drug-likeness (QED) is 0.237. The maximum absolute atomic E-state index is 10.1.